The third kappa shape index (κ3) is 5.95. The van der Waals surface area contributed by atoms with Crippen molar-refractivity contribution in [2.24, 2.45) is 11.3 Å². The number of likely N-dealkylation sites (tertiary alicyclic amines) is 1. The van der Waals surface area contributed by atoms with E-state index < -0.39 is 0 Å². The lowest BCUT2D eigenvalue weighted by molar-refractivity contribution is -0.130. The zero-order chi connectivity index (χ0) is 16.0. The van der Waals surface area contributed by atoms with Crippen molar-refractivity contribution in [3.8, 4) is 0 Å². The van der Waals surface area contributed by atoms with Gasteiger partial charge in [-0.25, -0.2) is 0 Å². The zero-order valence-corrected chi connectivity index (χ0v) is 14.5. The minimum Gasteiger partial charge on any atom is -0.393 e. The molecule has 0 spiro atoms. The average Bonchev–Trinajstić information content (AvgIpc) is 2.42. The van der Waals surface area contributed by atoms with Crippen LogP contribution >= 0.6 is 0 Å². The van der Waals surface area contributed by atoms with E-state index in [9.17, 15) is 9.90 Å². The van der Waals surface area contributed by atoms with Gasteiger partial charge in [-0.2, -0.15) is 0 Å². The second kappa shape index (κ2) is 8.14. The second-order valence-corrected chi connectivity index (χ2v) is 7.50. The van der Waals surface area contributed by atoms with Gasteiger partial charge >= 0.3 is 0 Å². The van der Waals surface area contributed by atoms with E-state index in [4.69, 9.17) is 0 Å². The highest BCUT2D eigenvalue weighted by molar-refractivity contribution is 5.81. The fourth-order valence-electron chi connectivity index (χ4n) is 2.92. The number of rotatable bonds is 6. The van der Waals surface area contributed by atoms with E-state index in [0.29, 0.717) is 0 Å². The Kier molecular flexibility index (Phi) is 7.14. The summed E-state index contributed by atoms with van der Waals surface area (Å²) in [5.74, 6) is 0.375. The maximum absolute atomic E-state index is 12.2. The van der Waals surface area contributed by atoms with E-state index in [1.54, 1.807) is 0 Å². The third-order valence-corrected chi connectivity index (χ3v) is 4.37. The van der Waals surface area contributed by atoms with Crippen LogP contribution in [0.3, 0.4) is 0 Å². The number of hydrogen-bond acceptors (Lipinski definition) is 3. The monoisotopic (exact) mass is 298 g/mol. The molecule has 0 aromatic heterocycles. The van der Waals surface area contributed by atoms with Gasteiger partial charge < -0.3 is 15.3 Å². The van der Waals surface area contributed by atoms with Gasteiger partial charge in [0.2, 0.25) is 5.91 Å². The molecule has 124 valence electrons. The standard InChI is InChI=1S/C17H34N2O2/c1-6-8-9-19-11-13(15(20)7-2)10-14(12-19)18-16(21)17(3,4)5/h13-15,20H,6-12H2,1-5H3,(H,18,21). The molecule has 1 amide bonds. The molecule has 0 bridgehead atoms. The number of carbonyl (C=O) groups is 1. The minimum absolute atomic E-state index is 0.106. The number of hydrogen-bond donors (Lipinski definition) is 2. The predicted octanol–water partition coefficient (Wildman–Crippen LogP) is 2.41. The predicted molar refractivity (Wildman–Crippen MR) is 87.1 cm³/mol. The van der Waals surface area contributed by atoms with Gasteiger partial charge in [0.15, 0.2) is 0 Å². The molecule has 1 heterocycles. The van der Waals surface area contributed by atoms with Crippen LogP contribution in [0.4, 0.5) is 0 Å². The third-order valence-electron chi connectivity index (χ3n) is 4.37. The summed E-state index contributed by atoms with van der Waals surface area (Å²) in [6.45, 7) is 13.0. The van der Waals surface area contributed by atoms with Crippen LogP contribution in [0.5, 0.6) is 0 Å². The minimum atomic E-state index is -0.357. The van der Waals surface area contributed by atoms with Crippen molar-refractivity contribution >= 4 is 5.91 Å². The molecule has 0 radical (unpaired) electrons. The smallest absolute Gasteiger partial charge is 0.225 e. The molecule has 3 unspecified atom stereocenters. The van der Waals surface area contributed by atoms with Gasteiger partial charge in [0.05, 0.1) is 6.10 Å². The molecule has 3 atom stereocenters. The van der Waals surface area contributed by atoms with E-state index in [0.717, 1.165) is 32.5 Å². The first-order chi connectivity index (χ1) is 9.77. The number of unbranched alkanes of at least 4 members (excludes halogenated alkanes) is 1. The normalized spacial score (nSPS) is 25.6. The average molecular weight is 298 g/mol. The van der Waals surface area contributed by atoms with Crippen molar-refractivity contribution in [3.05, 3.63) is 0 Å². The molecule has 2 N–H and O–H groups in total. The quantitative estimate of drug-likeness (QED) is 0.792. The SMILES string of the molecule is CCCCN1CC(NC(=O)C(C)(C)C)CC(C(O)CC)C1. The lowest BCUT2D eigenvalue weighted by atomic mass is 9.87. The highest BCUT2D eigenvalue weighted by Crippen LogP contribution is 2.23. The van der Waals surface area contributed by atoms with E-state index in [-0.39, 0.29) is 29.4 Å². The fourth-order valence-corrected chi connectivity index (χ4v) is 2.92. The van der Waals surface area contributed by atoms with Crippen molar-refractivity contribution in [1.82, 2.24) is 10.2 Å². The van der Waals surface area contributed by atoms with E-state index in [1.165, 1.54) is 12.8 Å². The molecular formula is C17H34N2O2. The van der Waals surface area contributed by atoms with Crippen LogP contribution in [0.1, 0.15) is 60.3 Å². The molecule has 1 aliphatic heterocycles. The zero-order valence-electron chi connectivity index (χ0n) is 14.5. The number of amides is 1. The van der Waals surface area contributed by atoms with Crippen molar-refractivity contribution in [2.45, 2.75) is 72.4 Å². The van der Waals surface area contributed by atoms with E-state index >= 15 is 0 Å². The first-order valence-corrected chi connectivity index (χ1v) is 8.49. The molecular weight excluding hydrogens is 264 g/mol. The van der Waals surface area contributed by atoms with Crippen molar-refractivity contribution < 1.29 is 9.90 Å². The summed E-state index contributed by atoms with van der Waals surface area (Å²) >= 11 is 0. The maximum Gasteiger partial charge on any atom is 0.225 e. The Morgan fingerprint density at radius 1 is 1.33 bits per heavy atom. The summed E-state index contributed by atoms with van der Waals surface area (Å²) in [4.78, 5) is 14.6. The first-order valence-electron chi connectivity index (χ1n) is 8.49. The number of nitrogens with one attached hydrogen (secondary N) is 1. The molecule has 0 aromatic rings. The molecule has 1 saturated heterocycles. The van der Waals surface area contributed by atoms with E-state index in [1.807, 2.05) is 27.7 Å². The van der Waals surface area contributed by atoms with Gasteiger partial charge in [0.25, 0.3) is 0 Å². The molecule has 4 nitrogen and oxygen atoms in total. The summed E-state index contributed by atoms with van der Waals surface area (Å²) in [5.41, 5.74) is -0.357. The number of piperidine rings is 1. The Labute approximate surface area is 130 Å². The van der Waals surface area contributed by atoms with Crippen molar-refractivity contribution in [3.63, 3.8) is 0 Å². The highest BCUT2D eigenvalue weighted by atomic mass is 16.3. The molecule has 1 aliphatic rings. The molecule has 1 fully saturated rings. The van der Waals surface area contributed by atoms with Gasteiger partial charge in [-0.05, 0) is 31.7 Å². The Morgan fingerprint density at radius 3 is 2.52 bits per heavy atom. The van der Waals surface area contributed by atoms with Crippen molar-refractivity contribution in [1.29, 1.82) is 0 Å². The van der Waals surface area contributed by atoms with Gasteiger partial charge in [-0.15, -0.1) is 0 Å². The molecule has 0 saturated carbocycles. The lowest BCUT2D eigenvalue weighted by Crippen LogP contribution is -2.54. The van der Waals surface area contributed by atoms with Crippen LogP contribution in [-0.2, 0) is 4.79 Å². The summed E-state index contributed by atoms with van der Waals surface area (Å²) in [7, 11) is 0. The topological polar surface area (TPSA) is 52.6 Å². The Bertz CT molecular complexity index is 325. The molecule has 21 heavy (non-hydrogen) atoms. The number of nitrogens with zero attached hydrogens (tertiary/aromatic N) is 1. The lowest BCUT2D eigenvalue weighted by Gasteiger charge is -2.40. The second-order valence-electron chi connectivity index (χ2n) is 7.50. The Hall–Kier alpha value is -0.610. The summed E-state index contributed by atoms with van der Waals surface area (Å²) in [6, 6.07) is 0.161. The fraction of sp³-hybridized carbons (Fsp3) is 0.941. The summed E-state index contributed by atoms with van der Waals surface area (Å²) in [6.07, 6.45) is 3.76. The van der Waals surface area contributed by atoms with Gasteiger partial charge in [0.1, 0.15) is 0 Å². The summed E-state index contributed by atoms with van der Waals surface area (Å²) < 4.78 is 0. The number of aliphatic hydroxyl groups is 1. The highest BCUT2D eigenvalue weighted by Gasteiger charge is 2.33. The molecule has 0 aromatic carbocycles. The molecule has 0 aliphatic carbocycles. The van der Waals surface area contributed by atoms with E-state index in [2.05, 4.69) is 17.1 Å². The van der Waals surface area contributed by atoms with Gasteiger partial charge in [-0.3, -0.25) is 4.79 Å². The molecule has 4 heteroatoms. The van der Waals surface area contributed by atoms with Crippen LogP contribution in [0.25, 0.3) is 0 Å². The van der Waals surface area contributed by atoms with Crippen LogP contribution < -0.4 is 5.32 Å². The maximum atomic E-state index is 12.2. The van der Waals surface area contributed by atoms with Crippen LogP contribution in [-0.4, -0.2) is 47.7 Å². The Morgan fingerprint density at radius 2 is 2.00 bits per heavy atom. The van der Waals surface area contributed by atoms with Crippen LogP contribution in [0, 0.1) is 11.3 Å². The van der Waals surface area contributed by atoms with Crippen molar-refractivity contribution in [2.75, 3.05) is 19.6 Å². The molecule has 1 rings (SSSR count). The number of aliphatic hydroxyl groups excluding tert-OH is 1. The first kappa shape index (κ1) is 18.4. The van der Waals surface area contributed by atoms with Gasteiger partial charge in [-0.1, -0.05) is 41.0 Å². The van der Waals surface area contributed by atoms with Gasteiger partial charge in [0, 0.05) is 24.5 Å². The largest absolute Gasteiger partial charge is 0.393 e. The number of carbonyl (C=O) groups excluding carboxylic acids is 1. The van der Waals surface area contributed by atoms with Crippen LogP contribution in [0.2, 0.25) is 0 Å². The summed E-state index contributed by atoms with van der Waals surface area (Å²) in [5, 5.41) is 13.4. The Balaban J connectivity index is 2.66. The van der Waals surface area contributed by atoms with Crippen LogP contribution in [0.15, 0.2) is 0 Å².